The standard InChI is InChI=1S/C12H12N2O6/c1-19-6-3-4-7-8(5-6)10(16)12(18,9(7)15)14-13-11(17)20-2/h3-5,14,18H,1-2H3,(H,13,17). The van der Waals surface area contributed by atoms with Crippen molar-refractivity contribution in [2.45, 2.75) is 5.72 Å². The van der Waals surface area contributed by atoms with Gasteiger partial charge in [-0.05, 0) is 18.2 Å². The van der Waals surface area contributed by atoms with Gasteiger partial charge in [-0.25, -0.2) is 4.79 Å². The van der Waals surface area contributed by atoms with E-state index in [9.17, 15) is 19.5 Å². The van der Waals surface area contributed by atoms with Crippen molar-refractivity contribution >= 4 is 17.7 Å². The molecule has 0 saturated carbocycles. The number of ether oxygens (including phenoxy) is 2. The molecule has 20 heavy (non-hydrogen) atoms. The third-order valence-corrected chi connectivity index (χ3v) is 2.90. The first-order valence-corrected chi connectivity index (χ1v) is 5.55. The number of carbonyl (C=O) groups excluding carboxylic acids is 3. The summed E-state index contributed by atoms with van der Waals surface area (Å²) in [7, 11) is 2.51. The molecule has 0 aromatic heterocycles. The first-order valence-electron chi connectivity index (χ1n) is 5.55. The quantitative estimate of drug-likeness (QED) is 0.393. The Morgan fingerprint density at radius 3 is 2.45 bits per heavy atom. The maximum Gasteiger partial charge on any atom is 0.421 e. The van der Waals surface area contributed by atoms with E-state index in [1.165, 1.54) is 25.3 Å². The molecular formula is C12H12N2O6. The predicted octanol–water partition coefficient (Wildman–Crippen LogP) is -0.377. The van der Waals surface area contributed by atoms with Crippen LogP contribution in [0.15, 0.2) is 18.2 Å². The van der Waals surface area contributed by atoms with Crippen LogP contribution in [0.2, 0.25) is 0 Å². The molecule has 0 aliphatic heterocycles. The lowest BCUT2D eigenvalue weighted by Crippen LogP contribution is -2.61. The van der Waals surface area contributed by atoms with E-state index in [-0.39, 0.29) is 11.1 Å². The normalized spacial score (nSPS) is 20.6. The van der Waals surface area contributed by atoms with Crippen LogP contribution in [0.3, 0.4) is 0 Å². The summed E-state index contributed by atoms with van der Waals surface area (Å²) < 4.78 is 9.22. The fraction of sp³-hybridized carbons (Fsp3) is 0.250. The zero-order valence-electron chi connectivity index (χ0n) is 10.7. The number of ketones is 2. The molecule has 1 aromatic carbocycles. The molecule has 0 saturated heterocycles. The number of fused-ring (bicyclic) bond motifs is 1. The third kappa shape index (κ3) is 2.00. The summed E-state index contributed by atoms with van der Waals surface area (Å²) in [5, 5.41) is 10.1. The molecule has 8 heteroatoms. The van der Waals surface area contributed by atoms with Gasteiger partial charge in [0.15, 0.2) is 0 Å². The van der Waals surface area contributed by atoms with Gasteiger partial charge >= 0.3 is 6.09 Å². The highest BCUT2D eigenvalue weighted by Gasteiger charge is 2.52. The molecule has 106 valence electrons. The highest BCUT2D eigenvalue weighted by molar-refractivity contribution is 6.31. The van der Waals surface area contributed by atoms with Crippen LogP contribution in [-0.2, 0) is 4.74 Å². The average molecular weight is 280 g/mol. The number of nitrogens with one attached hydrogen (secondary N) is 2. The molecule has 1 unspecified atom stereocenters. The molecule has 8 nitrogen and oxygen atoms in total. The number of benzene rings is 1. The van der Waals surface area contributed by atoms with Crippen molar-refractivity contribution in [3.8, 4) is 5.75 Å². The molecule has 1 atom stereocenters. The number of methoxy groups -OCH3 is 2. The first kappa shape index (κ1) is 14.0. The minimum atomic E-state index is -2.55. The highest BCUT2D eigenvalue weighted by Crippen LogP contribution is 2.30. The van der Waals surface area contributed by atoms with Gasteiger partial charge in [0.1, 0.15) is 5.75 Å². The molecule has 0 bridgehead atoms. The summed E-state index contributed by atoms with van der Waals surface area (Å²) in [6, 6.07) is 4.20. The van der Waals surface area contributed by atoms with Crippen LogP contribution >= 0.6 is 0 Å². The van der Waals surface area contributed by atoms with E-state index in [0.717, 1.165) is 7.11 Å². The molecule has 0 heterocycles. The van der Waals surface area contributed by atoms with Gasteiger partial charge in [0.05, 0.1) is 14.2 Å². The Morgan fingerprint density at radius 1 is 1.20 bits per heavy atom. The number of Topliss-reactive ketones (excluding diaryl/α,β-unsaturated/α-hetero) is 2. The molecule has 1 aliphatic rings. The zero-order chi connectivity index (χ0) is 14.9. The lowest BCUT2D eigenvalue weighted by atomic mass is 10.1. The lowest BCUT2D eigenvalue weighted by molar-refractivity contribution is 0.0137. The fourth-order valence-corrected chi connectivity index (χ4v) is 1.84. The monoisotopic (exact) mass is 280 g/mol. The first-order chi connectivity index (χ1) is 9.43. The average Bonchev–Trinajstić information content (AvgIpc) is 2.66. The van der Waals surface area contributed by atoms with Crippen LogP contribution in [0.5, 0.6) is 5.75 Å². The highest BCUT2D eigenvalue weighted by atomic mass is 16.5. The molecule has 1 amide bonds. The van der Waals surface area contributed by atoms with Gasteiger partial charge in [-0.3, -0.25) is 15.0 Å². The second-order valence-corrected chi connectivity index (χ2v) is 4.02. The topological polar surface area (TPSA) is 114 Å². The third-order valence-electron chi connectivity index (χ3n) is 2.90. The fourth-order valence-electron chi connectivity index (χ4n) is 1.84. The van der Waals surface area contributed by atoms with E-state index in [4.69, 9.17) is 4.74 Å². The smallest absolute Gasteiger partial charge is 0.421 e. The Bertz CT molecular complexity index is 600. The number of rotatable bonds is 3. The summed E-state index contributed by atoms with van der Waals surface area (Å²) >= 11 is 0. The van der Waals surface area contributed by atoms with Crippen molar-refractivity contribution in [3.05, 3.63) is 29.3 Å². The van der Waals surface area contributed by atoms with E-state index in [1.54, 1.807) is 0 Å². The maximum atomic E-state index is 12.1. The number of hydrogen-bond acceptors (Lipinski definition) is 7. The van der Waals surface area contributed by atoms with Crippen LogP contribution in [0.25, 0.3) is 0 Å². The maximum absolute atomic E-state index is 12.1. The largest absolute Gasteiger partial charge is 0.497 e. The predicted molar refractivity (Wildman–Crippen MR) is 65.3 cm³/mol. The number of hydrazine groups is 1. The van der Waals surface area contributed by atoms with Gasteiger partial charge in [0, 0.05) is 11.1 Å². The van der Waals surface area contributed by atoms with Crippen LogP contribution in [-0.4, -0.2) is 42.7 Å². The number of aliphatic hydroxyl groups is 1. The molecule has 0 fully saturated rings. The Hall–Kier alpha value is -2.45. The summed E-state index contributed by atoms with van der Waals surface area (Å²) in [5.41, 5.74) is 1.39. The van der Waals surface area contributed by atoms with E-state index < -0.39 is 23.4 Å². The summed E-state index contributed by atoms with van der Waals surface area (Å²) in [6.45, 7) is 0. The summed E-state index contributed by atoms with van der Waals surface area (Å²) in [4.78, 5) is 35.1. The second kappa shape index (κ2) is 4.91. The molecule has 2 rings (SSSR count). The van der Waals surface area contributed by atoms with Gasteiger partial charge in [0.25, 0.3) is 5.72 Å². The minimum Gasteiger partial charge on any atom is -0.497 e. The zero-order valence-corrected chi connectivity index (χ0v) is 10.7. The van der Waals surface area contributed by atoms with Gasteiger partial charge in [0.2, 0.25) is 11.6 Å². The summed E-state index contributed by atoms with van der Waals surface area (Å²) in [6.07, 6.45) is -0.951. The Labute approximate surface area is 113 Å². The van der Waals surface area contributed by atoms with E-state index in [2.05, 4.69) is 4.74 Å². The number of hydrogen-bond donors (Lipinski definition) is 3. The van der Waals surface area contributed by atoms with Crippen molar-refractivity contribution in [1.82, 2.24) is 10.9 Å². The molecular weight excluding hydrogens is 268 g/mol. The van der Waals surface area contributed by atoms with Crippen molar-refractivity contribution < 1.29 is 29.0 Å². The minimum absolute atomic E-state index is 0.0102. The molecule has 1 aliphatic carbocycles. The molecule has 0 spiro atoms. The van der Waals surface area contributed by atoms with E-state index in [1.807, 2.05) is 10.9 Å². The van der Waals surface area contributed by atoms with Crippen LogP contribution in [0, 0.1) is 0 Å². The number of amides is 1. The van der Waals surface area contributed by atoms with Crippen LogP contribution in [0.4, 0.5) is 4.79 Å². The van der Waals surface area contributed by atoms with Gasteiger partial charge in [-0.2, -0.15) is 5.43 Å². The summed E-state index contributed by atoms with van der Waals surface area (Å²) in [5.74, 6) is -1.38. The van der Waals surface area contributed by atoms with Gasteiger partial charge in [-0.15, -0.1) is 0 Å². The Balaban J connectivity index is 2.33. The Morgan fingerprint density at radius 2 is 1.85 bits per heavy atom. The van der Waals surface area contributed by atoms with Crippen LogP contribution in [0.1, 0.15) is 20.7 Å². The van der Waals surface area contributed by atoms with Gasteiger partial charge in [-0.1, -0.05) is 0 Å². The molecule has 3 N–H and O–H groups in total. The number of carbonyl (C=O) groups is 3. The molecule has 0 radical (unpaired) electrons. The van der Waals surface area contributed by atoms with E-state index >= 15 is 0 Å². The van der Waals surface area contributed by atoms with Gasteiger partial charge < -0.3 is 14.6 Å². The molecule has 1 aromatic rings. The van der Waals surface area contributed by atoms with Crippen molar-refractivity contribution in [1.29, 1.82) is 0 Å². The van der Waals surface area contributed by atoms with Crippen molar-refractivity contribution in [3.63, 3.8) is 0 Å². The Kier molecular flexibility index (Phi) is 3.43. The SMILES string of the molecule is COC(=O)NNC1(O)C(=O)c2ccc(OC)cc2C1=O. The van der Waals surface area contributed by atoms with Crippen molar-refractivity contribution in [2.75, 3.05) is 14.2 Å². The van der Waals surface area contributed by atoms with Crippen molar-refractivity contribution in [2.24, 2.45) is 0 Å². The second-order valence-electron chi connectivity index (χ2n) is 4.02. The lowest BCUT2D eigenvalue weighted by Gasteiger charge is -2.20. The van der Waals surface area contributed by atoms with Crippen LogP contribution < -0.4 is 15.6 Å². The van der Waals surface area contributed by atoms with E-state index in [0.29, 0.717) is 5.75 Å².